The predicted molar refractivity (Wildman–Crippen MR) is 144 cm³/mol. The zero-order chi connectivity index (χ0) is 25.7. The van der Waals surface area contributed by atoms with Gasteiger partial charge in [0.05, 0.1) is 16.6 Å². The molecule has 2 fully saturated rings. The highest BCUT2D eigenvalue weighted by atomic mass is 35.5. The SMILES string of the molecule is O=C(Cn1c2c(sc1=O)[C@@H](c1ccccc1)[C@@H]1C(=O)N(c3ccc(Cl)cc3)C(=O)[C@@H]1S2)N1CCCCC1. The summed E-state index contributed by atoms with van der Waals surface area (Å²) in [5.41, 5.74) is 1.34. The van der Waals surface area contributed by atoms with Crippen LogP contribution < -0.4 is 9.77 Å². The van der Waals surface area contributed by atoms with E-state index in [4.69, 9.17) is 11.6 Å². The van der Waals surface area contributed by atoms with Crippen LogP contribution in [0.2, 0.25) is 5.02 Å². The highest BCUT2D eigenvalue weighted by Gasteiger charge is 2.56. The van der Waals surface area contributed by atoms with Crippen molar-refractivity contribution >= 4 is 58.1 Å². The lowest BCUT2D eigenvalue weighted by molar-refractivity contribution is -0.133. The van der Waals surface area contributed by atoms with Crippen molar-refractivity contribution in [2.24, 2.45) is 5.92 Å². The van der Waals surface area contributed by atoms with E-state index in [0.29, 0.717) is 28.8 Å². The molecule has 0 bridgehead atoms. The summed E-state index contributed by atoms with van der Waals surface area (Å²) in [7, 11) is 0. The molecule has 3 atom stereocenters. The van der Waals surface area contributed by atoms with Gasteiger partial charge in [0.25, 0.3) is 0 Å². The number of hydrogen-bond acceptors (Lipinski definition) is 6. The molecule has 3 amide bonds. The molecule has 6 rings (SSSR count). The number of carbonyl (C=O) groups excluding carboxylic acids is 3. The maximum Gasteiger partial charge on any atom is 0.308 e. The quantitative estimate of drug-likeness (QED) is 0.448. The van der Waals surface area contributed by atoms with Gasteiger partial charge in [-0.1, -0.05) is 65.0 Å². The minimum atomic E-state index is -0.703. The van der Waals surface area contributed by atoms with Crippen molar-refractivity contribution in [3.63, 3.8) is 0 Å². The van der Waals surface area contributed by atoms with Crippen molar-refractivity contribution < 1.29 is 14.4 Å². The third-order valence-electron chi connectivity index (χ3n) is 7.29. The summed E-state index contributed by atoms with van der Waals surface area (Å²) in [6, 6.07) is 16.2. The summed E-state index contributed by atoms with van der Waals surface area (Å²) in [4.78, 5) is 57.4. The van der Waals surface area contributed by atoms with Gasteiger partial charge in [0.2, 0.25) is 17.7 Å². The van der Waals surface area contributed by atoms with Crippen LogP contribution in [0.3, 0.4) is 0 Å². The van der Waals surface area contributed by atoms with Gasteiger partial charge in [-0.2, -0.15) is 0 Å². The van der Waals surface area contributed by atoms with E-state index in [1.165, 1.54) is 21.2 Å². The zero-order valence-electron chi connectivity index (χ0n) is 19.8. The van der Waals surface area contributed by atoms with Crippen molar-refractivity contribution in [3.8, 4) is 0 Å². The Morgan fingerprint density at radius 1 is 0.919 bits per heavy atom. The first-order valence-electron chi connectivity index (χ1n) is 12.3. The lowest BCUT2D eigenvalue weighted by atomic mass is 9.83. The molecule has 0 saturated carbocycles. The van der Waals surface area contributed by atoms with E-state index in [-0.39, 0.29) is 29.1 Å². The lowest BCUT2D eigenvalue weighted by Gasteiger charge is -2.31. The van der Waals surface area contributed by atoms with Crippen LogP contribution >= 0.6 is 34.7 Å². The van der Waals surface area contributed by atoms with Crippen LogP contribution in [0.5, 0.6) is 0 Å². The number of piperidine rings is 1. The molecular weight excluding hydrogens is 530 g/mol. The van der Waals surface area contributed by atoms with E-state index in [1.807, 2.05) is 35.2 Å². The maximum absolute atomic E-state index is 13.8. The Morgan fingerprint density at radius 2 is 1.62 bits per heavy atom. The van der Waals surface area contributed by atoms with E-state index in [0.717, 1.165) is 41.0 Å². The fraction of sp³-hybridized carbons (Fsp3) is 0.333. The number of anilines is 1. The number of amides is 3. The molecule has 2 saturated heterocycles. The van der Waals surface area contributed by atoms with Gasteiger partial charge in [-0.15, -0.1) is 0 Å². The number of hydrogen-bond donors (Lipinski definition) is 0. The number of nitrogens with zero attached hydrogens (tertiary/aromatic N) is 3. The van der Waals surface area contributed by atoms with Crippen molar-refractivity contribution in [3.05, 3.63) is 79.7 Å². The van der Waals surface area contributed by atoms with Gasteiger partial charge in [-0.05, 0) is 49.1 Å². The van der Waals surface area contributed by atoms with Gasteiger partial charge in [0.1, 0.15) is 11.8 Å². The second-order valence-electron chi connectivity index (χ2n) is 9.51. The Labute approximate surface area is 227 Å². The number of imide groups is 1. The molecule has 4 heterocycles. The number of fused-ring (bicyclic) bond motifs is 2. The fourth-order valence-electron chi connectivity index (χ4n) is 5.50. The van der Waals surface area contributed by atoms with Crippen molar-refractivity contribution in [2.45, 2.75) is 42.0 Å². The van der Waals surface area contributed by atoms with Crippen LogP contribution in [0.15, 0.2) is 64.4 Å². The largest absolute Gasteiger partial charge is 0.341 e. The number of likely N-dealkylation sites (tertiary alicyclic amines) is 1. The molecule has 3 aliphatic heterocycles. The molecular formula is C27H24ClN3O4S2. The number of rotatable bonds is 4. The second kappa shape index (κ2) is 9.78. The Bertz CT molecular complexity index is 1430. The normalized spacial score (nSPS) is 23.2. The Hall–Kier alpha value is -2.88. The van der Waals surface area contributed by atoms with E-state index < -0.39 is 17.1 Å². The summed E-state index contributed by atoms with van der Waals surface area (Å²) >= 11 is 8.35. The number of aromatic nitrogens is 1. The molecule has 0 aliphatic carbocycles. The fourth-order valence-corrected chi connectivity index (χ4v) is 8.40. The number of halogens is 1. The molecule has 3 aromatic rings. The molecule has 2 aromatic carbocycles. The Kier molecular flexibility index (Phi) is 6.46. The molecule has 0 N–H and O–H groups in total. The minimum Gasteiger partial charge on any atom is -0.341 e. The minimum absolute atomic E-state index is 0.0560. The first-order valence-corrected chi connectivity index (χ1v) is 14.4. The highest BCUT2D eigenvalue weighted by molar-refractivity contribution is 8.00. The van der Waals surface area contributed by atoms with Crippen LogP contribution in [0.4, 0.5) is 5.69 Å². The molecule has 3 aliphatic rings. The van der Waals surface area contributed by atoms with Crippen LogP contribution in [0.25, 0.3) is 0 Å². The van der Waals surface area contributed by atoms with Crippen molar-refractivity contribution in [1.82, 2.24) is 9.47 Å². The van der Waals surface area contributed by atoms with Gasteiger partial charge in [-0.3, -0.25) is 23.7 Å². The molecule has 7 nitrogen and oxygen atoms in total. The zero-order valence-corrected chi connectivity index (χ0v) is 22.2. The standard InChI is InChI=1S/C27H24ClN3O4S2/c28-17-9-11-18(12-10-17)31-24(33)21-20(16-7-3-1-4-8-16)23-26(36-22(21)25(31)34)30(27(35)37-23)15-19(32)29-13-5-2-6-14-29/h1,3-4,7-12,20-22H,2,5-6,13-15H2/t20-,21-,22+/m0/s1. The van der Waals surface area contributed by atoms with Crippen LogP contribution in [-0.4, -0.2) is 45.5 Å². The molecule has 37 heavy (non-hydrogen) atoms. The number of thiazole rings is 1. The van der Waals surface area contributed by atoms with Gasteiger partial charge < -0.3 is 4.90 Å². The first kappa shape index (κ1) is 24.5. The van der Waals surface area contributed by atoms with Crippen LogP contribution in [0.1, 0.15) is 35.6 Å². The van der Waals surface area contributed by atoms with Gasteiger partial charge in [-0.25, -0.2) is 4.90 Å². The van der Waals surface area contributed by atoms with E-state index >= 15 is 0 Å². The monoisotopic (exact) mass is 553 g/mol. The van der Waals surface area contributed by atoms with Gasteiger partial charge in [0.15, 0.2) is 0 Å². The van der Waals surface area contributed by atoms with E-state index in [1.54, 1.807) is 24.3 Å². The molecule has 10 heteroatoms. The predicted octanol–water partition coefficient (Wildman–Crippen LogP) is 4.37. The summed E-state index contributed by atoms with van der Waals surface area (Å²) in [6.07, 6.45) is 3.04. The van der Waals surface area contributed by atoms with Crippen molar-refractivity contribution in [1.29, 1.82) is 0 Å². The van der Waals surface area contributed by atoms with Gasteiger partial charge in [0, 0.05) is 28.9 Å². The third kappa shape index (κ3) is 4.23. The molecule has 0 spiro atoms. The average molecular weight is 554 g/mol. The summed E-state index contributed by atoms with van der Waals surface area (Å²) in [5.74, 6) is -1.81. The summed E-state index contributed by atoms with van der Waals surface area (Å²) < 4.78 is 1.51. The average Bonchev–Trinajstić information content (AvgIpc) is 3.36. The van der Waals surface area contributed by atoms with Crippen LogP contribution in [0, 0.1) is 5.92 Å². The summed E-state index contributed by atoms with van der Waals surface area (Å²) in [5, 5.41) is 0.433. The number of carbonyl (C=O) groups is 3. The van der Waals surface area contributed by atoms with Crippen LogP contribution in [-0.2, 0) is 20.9 Å². The van der Waals surface area contributed by atoms with E-state index in [2.05, 4.69) is 0 Å². The molecule has 0 radical (unpaired) electrons. The molecule has 190 valence electrons. The second-order valence-corrected chi connectivity index (χ2v) is 12.1. The number of thioether (sulfide) groups is 1. The third-order valence-corrected chi connectivity index (χ3v) is 10.2. The summed E-state index contributed by atoms with van der Waals surface area (Å²) in [6.45, 7) is 1.35. The lowest BCUT2D eigenvalue weighted by Crippen LogP contribution is -2.39. The van der Waals surface area contributed by atoms with E-state index in [9.17, 15) is 19.2 Å². The highest BCUT2D eigenvalue weighted by Crippen LogP contribution is 2.53. The maximum atomic E-state index is 13.8. The smallest absolute Gasteiger partial charge is 0.308 e. The topological polar surface area (TPSA) is 79.7 Å². The van der Waals surface area contributed by atoms with Gasteiger partial charge >= 0.3 is 4.87 Å². The molecule has 1 aromatic heterocycles. The number of benzene rings is 2. The van der Waals surface area contributed by atoms with Crippen molar-refractivity contribution in [2.75, 3.05) is 18.0 Å². The first-order chi connectivity index (χ1) is 17.9. The Balaban J connectivity index is 1.42. The Morgan fingerprint density at radius 3 is 2.32 bits per heavy atom. The molecule has 0 unspecified atom stereocenters.